The van der Waals surface area contributed by atoms with Gasteiger partial charge in [0.2, 0.25) is 0 Å². The molecule has 0 radical (unpaired) electrons. The maximum Gasteiger partial charge on any atom is 0.259 e. The Morgan fingerprint density at radius 1 is 1.00 bits per heavy atom. The Balaban J connectivity index is 1.72. The Hall–Kier alpha value is -2.72. The second-order valence-electron chi connectivity index (χ2n) is 8.04. The Morgan fingerprint density at radius 2 is 1.77 bits per heavy atom. The molecule has 3 nitrogen and oxygen atoms in total. The first-order valence-corrected chi connectivity index (χ1v) is 11.6. The summed E-state index contributed by atoms with van der Waals surface area (Å²) in [5.41, 5.74) is 6.11. The molecule has 0 saturated carbocycles. The van der Waals surface area contributed by atoms with Crippen LogP contribution in [0.1, 0.15) is 63.2 Å². The van der Waals surface area contributed by atoms with Gasteiger partial charge in [0.05, 0.1) is 5.56 Å². The number of nitrogens with zero attached hydrogens (tertiary/aromatic N) is 1. The van der Waals surface area contributed by atoms with E-state index in [4.69, 9.17) is 4.99 Å². The predicted molar refractivity (Wildman–Crippen MR) is 128 cm³/mol. The van der Waals surface area contributed by atoms with Crippen LogP contribution < -0.4 is 5.32 Å². The van der Waals surface area contributed by atoms with Crippen LogP contribution in [0.2, 0.25) is 0 Å². The average Bonchev–Trinajstić information content (AvgIpc) is 3.06. The monoisotopic (exact) mass is 416 g/mol. The first-order chi connectivity index (χ1) is 14.6. The van der Waals surface area contributed by atoms with Crippen LogP contribution in [-0.4, -0.2) is 12.1 Å². The van der Waals surface area contributed by atoms with E-state index in [1.165, 1.54) is 29.7 Å². The molecule has 2 aromatic carbocycles. The molecule has 4 heteroatoms. The highest BCUT2D eigenvalue weighted by Gasteiger charge is 2.24. The molecule has 1 aliphatic rings. The van der Waals surface area contributed by atoms with E-state index >= 15 is 0 Å². The third kappa shape index (κ3) is 4.71. The van der Waals surface area contributed by atoms with Gasteiger partial charge in [0.1, 0.15) is 5.00 Å². The summed E-state index contributed by atoms with van der Waals surface area (Å²) in [4.78, 5) is 19.6. The molecule has 1 aromatic heterocycles. The average molecular weight is 417 g/mol. The van der Waals surface area contributed by atoms with Crippen molar-refractivity contribution < 1.29 is 4.79 Å². The Morgan fingerprint density at radius 3 is 2.57 bits per heavy atom. The summed E-state index contributed by atoms with van der Waals surface area (Å²) in [6.07, 6.45) is 8.70. The minimum absolute atomic E-state index is 0.0398. The third-order valence-electron chi connectivity index (χ3n) is 5.65. The van der Waals surface area contributed by atoms with Crippen molar-refractivity contribution >= 4 is 34.1 Å². The number of nitrogens with one attached hydrogen (secondary N) is 1. The highest BCUT2D eigenvalue weighted by Crippen LogP contribution is 2.39. The second-order valence-corrected chi connectivity index (χ2v) is 9.12. The van der Waals surface area contributed by atoms with Crippen molar-refractivity contribution in [2.45, 2.75) is 52.4 Å². The molecule has 1 heterocycles. The molecule has 1 aliphatic carbocycles. The van der Waals surface area contributed by atoms with E-state index in [2.05, 4.69) is 17.4 Å². The van der Waals surface area contributed by atoms with E-state index in [0.29, 0.717) is 0 Å². The lowest BCUT2D eigenvalue weighted by Crippen LogP contribution is -2.15. The van der Waals surface area contributed by atoms with Crippen LogP contribution in [-0.2, 0) is 12.8 Å². The van der Waals surface area contributed by atoms with Crippen molar-refractivity contribution in [2.75, 3.05) is 5.32 Å². The lowest BCUT2D eigenvalue weighted by molar-refractivity contribution is 0.102. The third-order valence-corrected chi connectivity index (χ3v) is 6.85. The number of aryl methyl sites for hydroxylation is 3. The van der Waals surface area contributed by atoms with E-state index in [9.17, 15) is 4.79 Å². The minimum atomic E-state index is -0.0398. The first-order valence-electron chi connectivity index (χ1n) is 10.7. The fraction of sp³-hybridized carbons (Fsp3) is 0.308. The van der Waals surface area contributed by atoms with E-state index in [-0.39, 0.29) is 5.91 Å². The highest BCUT2D eigenvalue weighted by atomic mass is 32.1. The molecule has 30 heavy (non-hydrogen) atoms. The maximum absolute atomic E-state index is 13.5. The minimum Gasteiger partial charge on any atom is -0.322 e. The van der Waals surface area contributed by atoms with Crippen molar-refractivity contribution in [3.8, 4) is 0 Å². The zero-order valence-corrected chi connectivity index (χ0v) is 18.5. The molecule has 0 bridgehead atoms. The molecule has 154 valence electrons. The zero-order chi connectivity index (χ0) is 20.9. The number of fused-ring (bicyclic) bond motifs is 1. The number of benzene rings is 2. The summed E-state index contributed by atoms with van der Waals surface area (Å²) < 4.78 is 0. The summed E-state index contributed by atoms with van der Waals surface area (Å²) in [5.74, 6) is -0.0398. The largest absolute Gasteiger partial charge is 0.322 e. The van der Waals surface area contributed by atoms with Crippen molar-refractivity contribution in [2.24, 2.45) is 4.99 Å². The van der Waals surface area contributed by atoms with Crippen molar-refractivity contribution in [1.29, 1.82) is 0 Å². The van der Waals surface area contributed by atoms with Crippen LogP contribution in [0.3, 0.4) is 0 Å². The van der Waals surface area contributed by atoms with Gasteiger partial charge in [-0.05, 0) is 67.9 Å². The molecule has 1 N–H and O–H groups in total. The van der Waals surface area contributed by atoms with Crippen molar-refractivity contribution in [3.63, 3.8) is 0 Å². The maximum atomic E-state index is 13.5. The van der Waals surface area contributed by atoms with Gasteiger partial charge < -0.3 is 5.32 Å². The molecule has 0 spiro atoms. The van der Waals surface area contributed by atoms with Gasteiger partial charge in [0.25, 0.3) is 5.91 Å². The van der Waals surface area contributed by atoms with Gasteiger partial charge in [0.15, 0.2) is 0 Å². The van der Waals surface area contributed by atoms with Gasteiger partial charge >= 0.3 is 0 Å². The van der Waals surface area contributed by atoms with Crippen LogP contribution in [0, 0.1) is 13.8 Å². The Kier molecular flexibility index (Phi) is 6.44. The fourth-order valence-corrected chi connectivity index (χ4v) is 5.19. The zero-order valence-electron chi connectivity index (χ0n) is 17.7. The Bertz CT molecular complexity index is 1070. The number of rotatable bonds is 4. The summed E-state index contributed by atoms with van der Waals surface area (Å²) >= 11 is 1.69. The fourth-order valence-electron chi connectivity index (χ4n) is 3.96. The molecule has 4 rings (SSSR count). The van der Waals surface area contributed by atoms with Gasteiger partial charge in [0, 0.05) is 16.8 Å². The van der Waals surface area contributed by atoms with Crippen LogP contribution in [0.5, 0.6) is 0 Å². The number of aliphatic imine (C=N–C) groups is 1. The van der Waals surface area contributed by atoms with Crippen molar-refractivity contribution in [1.82, 2.24) is 0 Å². The smallest absolute Gasteiger partial charge is 0.259 e. The van der Waals surface area contributed by atoms with Crippen LogP contribution >= 0.6 is 11.3 Å². The standard InChI is InChI=1S/C26H28N2OS/c1-18-14-15-19(2)22(16-18)28-25(29)24-21-12-8-3-4-9-13-23(21)30-26(24)27-17-20-10-6-5-7-11-20/h5-7,10-11,14-17H,3-4,8-9,12-13H2,1-2H3,(H,28,29). The topological polar surface area (TPSA) is 41.5 Å². The Labute approximate surface area is 182 Å². The molecule has 1 amide bonds. The van der Waals surface area contributed by atoms with Gasteiger partial charge in [-0.1, -0.05) is 55.3 Å². The number of carbonyl (C=O) groups excluding carboxylic acids is 1. The van der Waals surface area contributed by atoms with E-state index < -0.39 is 0 Å². The number of thiophene rings is 1. The molecular weight excluding hydrogens is 388 g/mol. The molecule has 0 unspecified atom stereocenters. The molecule has 0 aliphatic heterocycles. The summed E-state index contributed by atoms with van der Waals surface area (Å²) in [7, 11) is 0. The van der Waals surface area contributed by atoms with E-state index in [1.54, 1.807) is 11.3 Å². The molecule has 0 atom stereocenters. The summed E-state index contributed by atoms with van der Waals surface area (Å²) in [5, 5.41) is 4.00. The van der Waals surface area contributed by atoms with Gasteiger partial charge in [-0.3, -0.25) is 4.79 Å². The van der Waals surface area contributed by atoms with E-state index in [1.807, 2.05) is 56.5 Å². The molecule has 0 saturated heterocycles. The number of carbonyl (C=O) groups is 1. The highest BCUT2D eigenvalue weighted by molar-refractivity contribution is 7.16. The SMILES string of the molecule is Cc1ccc(C)c(NC(=O)c2c(N=Cc3ccccc3)sc3c2CCCCCC3)c1. The van der Waals surface area contributed by atoms with Crippen LogP contribution in [0.15, 0.2) is 53.5 Å². The summed E-state index contributed by atoms with van der Waals surface area (Å²) in [6, 6.07) is 16.2. The summed E-state index contributed by atoms with van der Waals surface area (Å²) in [6.45, 7) is 4.08. The number of hydrogen-bond acceptors (Lipinski definition) is 3. The normalized spacial score (nSPS) is 14.2. The molecule has 0 fully saturated rings. The van der Waals surface area contributed by atoms with Gasteiger partial charge in [-0.2, -0.15) is 0 Å². The number of amides is 1. The van der Waals surface area contributed by atoms with Crippen LogP contribution in [0.25, 0.3) is 0 Å². The second kappa shape index (κ2) is 9.40. The number of anilines is 1. The van der Waals surface area contributed by atoms with Crippen LogP contribution in [0.4, 0.5) is 10.7 Å². The van der Waals surface area contributed by atoms with E-state index in [0.717, 1.165) is 52.2 Å². The lowest BCUT2D eigenvalue weighted by Gasteiger charge is -2.13. The molecular formula is C26H28N2OS. The number of hydrogen-bond donors (Lipinski definition) is 1. The predicted octanol–water partition coefficient (Wildman–Crippen LogP) is 7.03. The molecule has 3 aromatic rings. The van der Waals surface area contributed by atoms with Gasteiger partial charge in [-0.25, -0.2) is 4.99 Å². The quantitative estimate of drug-likeness (QED) is 0.456. The van der Waals surface area contributed by atoms with Gasteiger partial charge in [-0.15, -0.1) is 11.3 Å². The van der Waals surface area contributed by atoms with Crippen molar-refractivity contribution in [3.05, 3.63) is 81.2 Å². The first kappa shape index (κ1) is 20.5. The lowest BCUT2D eigenvalue weighted by atomic mass is 9.96.